The lowest BCUT2D eigenvalue weighted by atomic mass is 10.1. The molecule has 86 valence electrons. The first kappa shape index (κ1) is 9.87. The van der Waals surface area contributed by atoms with Gasteiger partial charge in [-0.2, -0.15) is 0 Å². The molecular weight excluding hydrogens is 204 g/mol. The molecule has 2 aliphatic rings. The van der Waals surface area contributed by atoms with Gasteiger partial charge < -0.3 is 9.67 Å². The maximum Gasteiger partial charge on any atom is 0.308 e. The van der Waals surface area contributed by atoms with Crippen molar-refractivity contribution in [2.24, 2.45) is 5.92 Å². The van der Waals surface area contributed by atoms with Crippen molar-refractivity contribution in [1.82, 2.24) is 9.55 Å². The van der Waals surface area contributed by atoms with Crippen molar-refractivity contribution >= 4 is 5.97 Å². The summed E-state index contributed by atoms with van der Waals surface area (Å²) < 4.78 is 2.17. The molecule has 2 heterocycles. The Morgan fingerprint density at radius 3 is 2.94 bits per heavy atom. The molecule has 1 aliphatic heterocycles. The molecule has 0 amide bonds. The third kappa shape index (κ3) is 1.44. The molecule has 1 aromatic rings. The van der Waals surface area contributed by atoms with E-state index in [1.807, 2.05) is 0 Å². The van der Waals surface area contributed by atoms with Crippen LogP contribution in [-0.2, 0) is 30.6 Å². The maximum atomic E-state index is 11.0. The zero-order chi connectivity index (χ0) is 11.1. The molecule has 4 heteroatoms. The summed E-state index contributed by atoms with van der Waals surface area (Å²) in [6.07, 6.45) is 6.49. The number of carboxylic acids is 1. The fraction of sp³-hybridized carbons (Fsp3) is 0.667. The van der Waals surface area contributed by atoms with Gasteiger partial charge >= 0.3 is 5.97 Å². The van der Waals surface area contributed by atoms with Crippen LogP contribution in [0.5, 0.6) is 0 Å². The number of carbonyl (C=O) groups is 1. The highest BCUT2D eigenvalue weighted by atomic mass is 16.4. The van der Waals surface area contributed by atoms with Gasteiger partial charge in [0, 0.05) is 18.7 Å². The average Bonchev–Trinajstić information content (AvgIpc) is 2.69. The number of fused-ring (bicyclic) bond motifs is 3. The fourth-order valence-electron chi connectivity index (χ4n) is 2.88. The molecule has 0 bridgehead atoms. The van der Waals surface area contributed by atoms with Crippen LogP contribution in [0.1, 0.15) is 36.5 Å². The number of carboxylic acid groups (broad SMARTS) is 1. The van der Waals surface area contributed by atoms with Crippen molar-refractivity contribution in [1.29, 1.82) is 0 Å². The Balaban J connectivity index is 1.93. The molecule has 0 radical (unpaired) electrons. The average molecular weight is 220 g/mol. The minimum absolute atomic E-state index is 0.254. The molecule has 0 aromatic carbocycles. The zero-order valence-corrected chi connectivity index (χ0v) is 9.28. The zero-order valence-electron chi connectivity index (χ0n) is 9.28. The minimum atomic E-state index is -0.687. The minimum Gasteiger partial charge on any atom is -0.481 e. The Morgan fingerprint density at radius 2 is 2.12 bits per heavy atom. The second-order valence-electron chi connectivity index (χ2n) is 4.83. The van der Waals surface area contributed by atoms with Gasteiger partial charge in [-0.3, -0.25) is 4.79 Å². The Labute approximate surface area is 94.3 Å². The van der Waals surface area contributed by atoms with Crippen LogP contribution >= 0.6 is 0 Å². The summed E-state index contributed by atoms with van der Waals surface area (Å²) in [6, 6.07) is 0. The number of hydrogen-bond donors (Lipinski definition) is 1. The third-order valence-electron chi connectivity index (χ3n) is 3.74. The Morgan fingerprint density at radius 1 is 1.31 bits per heavy atom. The number of nitrogens with zero attached hydrogens (tertiary/aromatic N) is 2. The van der Waals surface area contributed by atoms with E-state index >= 15 is 0 Å². The summed E-state index contributed by atoms with van der Waals surface area (Å²) in [6.45, 7) is 0.632. The summed E-state index contributed by atoms with van der Waals surface area (Å²) in [5.41, 5.74) is 2.55. The number of imidazole rings is 1. The van der Waals surface area contributed by atoms with E-state index in [-0.39, 0.29) is 5.92 Å². The SMILES string of the molecule is O=C(O)C1Cc2nc3c(n2C1)CCCCC3. The first-order valence-corrected chi connectivity index (χ1v) is 6.05. The van der Waals surface area contributed by atoms with Crippen LogP contribution in [0.3, 0.4) is 0 Å². The van der Waals surface area contributed by atoms with Crippen LogP contribution in [0.2, 0.25) is 0 Å². The standard InChI is InChI=1S/C12H16N2O2/c15-12(16)8-6-11-13-9-4-2-1-3-5-10(9)14(11)7-8/h8H,1-7H2,(H,15,16). The number of aliphatic carboxylic acids is 1. The molecule has 0 fully saturated rings. The van der Waals surface area contributed by atoms with Crippen LogP contribution in [0.4, 0.5) is 0 Å². The maximum absolute atomic E-state index is 11.0. The van der Waals surface area contributed by atoms with E-state index in [0.717, 1.165) is 18.7 Å². The molecule has 1 unspecified atom stereocenters. The Hall–Kier alpha value is -1.32. The van der Waals surface area contributed by atoms with Gasteiger partial charge in [-0.15, -0.1) is 0 Å². The summed E-state index contributed by atoms with van der Waals surface area (Å²) in [4.78, 5) is 15.6. The van der Waals surface area contributed by atoms with E-state index in [2.05, 4.69) is 9.55 Å². The highest BCUT2D eigenvalue weighted by molar-refractivity contribution is 5.70. The van der Waals surface area contributed by atoms with Gasteiger partial charge in [0.15, 0.2) is 0 Å². The molecule has 3 rings (SSSR count). The van der Waals surface area contributed by atoms with Gasteiger partial charge in [-0.25, -0.2) is 4.98 Å². The van der Waals surface area contributed by atoms with Gasteiger partial charge in [0.05, 0.1) is 11.6 Å². The van der Waals surface area contributed by atoms with Crippen molar-refractivity contribution in [2.75, 3.05) is 0 Å². The van der Waals surface area contributed by atoms with Crippen molar-refractivity contribution in [3.05, 3.63) is 17.2 Å². The van der Waals surface area contributed by atoms with Crippen LogP contribution in [0.25, 0.3) is 0 Å². The summed E-state index contributed by atoms with van der Waals surface area (Å²) in [5.74, 6) is 0.0585. The first-order chi connectivity index (χ1) is 7.75. The molecule has 1 aliphatic carbocycles. The van der Waals surface area contributed by atoms with E-state index in [1.165, 1.54) is 30.7 Å². The van der Waals surface area contributed by atoms with Crippen LogP contribution in [-0.4, -0.2) is 20.6 Å². The molecule has 0 spiro atoms. The van der Waals surface area contributed by atoms with Gasteiger partial charge in [0.2, 0.25) is 0 Å². The summed E-state index contributed by atoms with van der Waals surface area (Å²) in [7, 11) is 0. The number of aryl methyl sites for hydroxylation is 1. The first-order valence-electron chi connectivity index (χ1n) is 6.05. The predicted molar refractivity (Wildman–Crippen MR) is 58.3 cm³/mol. The summed E-state index contributed by atoms with van der Waals surface area (Å²) >= 11 is 0. The quantitative estimate of drug-likeness (QED) is 0.728. The lowest BCUT2D eigenvalue weighted by Gasteiger charge is -2.06. The molecule has 16 heavy (non-hydrogen) atoms. The molecule has 0 saturated carbocycles. The lowest BCUT2D eigenvalue weighted by molar-refractivity contribution is -0.141. The van der Waals surface area contributed by atoms with E-state index in [0.29, 0.717) is 13.0 Å². The van der Waals surface area contributed by atoms with Crippen molar-refractivity contribution in [3.8, 4) is 0 Å². The lowest BCUT2D eigenvalue weighted by Crippen LogP contribution is -2.16. The largest absolute Gasteiger partial charge is 0.481 e. The van der Waals surface area contributed by atoms with Crippen molar-refractivity contribution < 1.29 is 9.90 Å². The smallest absolute Gasteiger partial charge is 0.308 e. The Bertz CT molecular complexity index is 436. The third-order valence-corrected chi connectivity index (χ3v) is 3.74. The monoisotopic (exact) mass is 220 g/mol. The molecule has 1 N–H and O–H groups in total. The van der Waals surface area contributed by atoms with Gasteiger partial charge in [0.25, 0.3) is 0 Å². The highest BCUT2D eigenvalue weighted by Crippen LogP contribution is 2.28. The number of hydrogen-bond acceptors (Lipinski definition) is 2. The topological polar surface area (TPSA) is 55.1 Å². The Kier molecular flexibility index (Phi) is 2.23. The number of rotatable bonds is 1. The molecule has 0 saturated heterocycles. The fourth-order valence-corrected chi connectivity index (χ4v) is 2.88. The summed E-state index contributed by atoms with van der Waals surface area (Å²) in [5, 5.41) is 9.02. The van der Waals surface area contributed by atoms with Crippen molar-refractivity contribution in [3.63, 3.8) is 0 Å². The molecule has 1 atom stereocenters. The molecular formula is C12H16N2O2. The van der Waals surface area contributed by atoms with Gasteiger partial charge in [0.1, 0.15) is 5.82 Å². The molecule has 4 nitrogen and oxygen atoms in total. The number of aromatic nitrogens is 2. The van der Waals surface area contributed by atoms with Crippen molar-refractivity contribution in [2.45, 2.75) is 45.1 Å². The molecule has 1 aromatic heterocycles. The predicted octanol–water partition coefficient (Wildman–Crippen LogP) is 1.41. The van der Waals surface area contributed by atoms with Gasteiger partial charge in [-0.1, -0.05) is 6.42 Å². The van der Waals surface area contributed by atoms with E-state index in [1.54, 1.807) is 0 Å². The van der Waals surface area contributed by atoms with E-state index < -0.39 is 5.97 Å². The van der Waals surface area contributed by atoms with E-state index in [4.69, 9.17) is 5.11 Å². The second kappa shape index (κ2) is 3.61. The van der Waals surface area contributed by atoms with Gasteiger partial charge in [-0.05, 0) is 25.7 Å². The van der Waals surface area contributed by atoms with Crippen LogP contribution in [0, 0.1) is 5.92 Å². The normalized spacial score (nSPS) is 23.6. The van der Waals surface area contributed by atoms with Crippen LogP contribution in [0.15, 0.2) is 0 Å². The van der Waals surface area contributed by atoms with Crippen LogP contribution < -0.4 is 0 Å². The highest BCUT2D eigenvalue weighted by Gasteiger charge is 2.31. The second-order valence-corrected chi connectivity index (χ2v) is 4.83. The van der Waals surface area contributed by atoms with E-state index in [9.17, 15) is 4.79 Å².